The number of nitrogens with one attached hydrogen (secondary N) is 2. The first-order valence-electron chi connectivity index (χ1n) is 7.66. The molecule has 4 rings (SSSR count). The number of fused-ring (bicyclic) bond motifs is 2. The summed E-state index contributed by atoms with van der Waals surface area (Å²) >= 11 is 7.27. The van der Waals surface area contributed by atoms with Crippen LogP contribution in [0, 0.1) is 6.92 Å². The van der Waals surface area contributed by atoms with Crippen LogP contribution in [0.4, 0.5) is 0 Å². The topological polar surface area (TPSA) is 24.1 Å². The van der Waals surface area contributed by atoms with Crippen LogP contribution in [0.2, 0.25) is 0 Å². The number of aryl methyl sites for hydroxylation is 2. The first kappa shape index (κ1) is 14.0. The number of rotatable bonds is 1. The van der Waals surface area contributed by atoms with E-state index in [1.807, 2.05) is 0 Å². The average molecular weight is 326 g/mol. The molecule has 2 heterocycles. The van der Waals surface area contributed by atoms with Crippen molar-refractivity contribution in [2.45, 2.75) is 32.2 Å². The van der Waals surface area contributed by atoms with Gasteiger partial charge in [-0.25, -0.2) is 0 Å². The van der Waals surface area contributed by atoms with Crippen LogP contribution in [-0.2, 0) is 6.42 Å². The lowest BCUT2D eigenvalue weighted by molar-refractivity contribution is 0.674. The van der Waals surface area contributed by atoms with Crippen LogP contribution >= 0.6 is 23.6 Å². The molecule has 22 heavy (non-hydrogen) atoms. The van der Waals surface area contributed by atoms with Gasteiger partial charge in [0.15, 0.2) is 5.11 Å². The van der Waals surface area contributed by atoms with Crippen LogP contribution in [0.1, 0.15) is 40.5 Å². The van der Waals surface area contributed by atoms with E-state index < -0.39 is 0 Å². The van der Waals surface area contributed by atoms with Gasteiger partial charge in [0, 0.05) is 16.1 Å². The Kier molecular flexibility index (Phi) is 3.51. The highest BCUT2D eigenvalue weighted by atomic mass is 32.1. The summed E-state index contributed by atoms with van der Waals surface area (Å²) in [6.45, 7) is 2.15. The van der Waals surface area contributed by atoms with Crippen LogP contribution in [0.25, 0.3) is 5.70 Å². The van der Waals surface area contributed by atoms with Gasteiger partial charge in [0.25, 0.3) is 0 Å². The maximum absolute atomic E-state index is 5.48. The van der Waals surface area contributed by atoms with Gasteiger partial charge in [-0.3, -0.25) is 0 Å². The molecule has 1 unspecified atom stereocenters. The molecule has 112 valence electrons. The summed E-state index contributed by atoms with van der Waals surface area (Å²) in [6.07, 6.45) is 3.43. The Morgan fingerprint density at radius 1 is 1.23 bits per heavy atom. The lowest BCUT2D eigenvalue weighted by Gasteiger charge is -2.31. The van der Waals surface area contributed by atoms with Crippen LogP contribution in [-0.4, -0.2) is 5.11 Å². The Morgan fingerprint density at radius 2 is 2.14 bits per heavy atom. The third-order valence-electron chi connectivity index (χ3n) is 4.44. The van der Waals surface area contributed by atoms with Gasteiger partial charge >= 0.3 is 0 Å². The van der Waals surface area contributed by atoms with Crippen molar-refractivity contribution < 1.29 is 0 Å². The van der Waals surface area contributed by atoms with Gasteiger partial charge in [-0.15, -0.1) is 11.3 Å². The van der Waals surface area contributed by atoms with E-state index in [1.54, 1.807) is 11.3 Å². The van der Waals surface area contributed by atoms with Gasteiger partial charge in [0.2, 0.25) is 0 Å². The van der Waals surface area contributed by atoms with Gasteiger partial charge in [-0.05, 0) is 67.1 Å². The number of thiophene rings is 1. The fourth-order valence-electron chi connectivity index (χ4n) is 3.41. The minimum absolute atomic E-state index is 0.218. The largest absolute Gasteiger partial charge is 0.351 e. The molecule has 0 amide bonds. The van der Waals surface area contributed by atoms with Crippen LogP contribution in [0.5, 0.6) is 0 Å². The Balaban J connectivity index is 1.90. The molecule has 1 aromatic carbocycles. The summed E-state index contributed by atoms with van der Waals surface area (Å²) in [5, 5.41) is 9.77. The molecule has 1 aromatic heterocycles. The first-order valence-corrected chi connectivity index (χ1v) is 8.95. The summed E-state index contributed by atoms with van der Waals surface area (Å²) in [7, 11) is 0. The summed E-state index contributed by atoms with van der Waals surface area (Å²) < 4.78 is 0. The van der Waals surface area contributed by atoms with E-state index in [-0.39, 0.29) is 6.04 Å². The predicted molar refractivity (Wildman–Crippen MR) is 97.0 cm³/mol. The van der Waals surface area contributed by atoms with Crippen LogP contribution < -0.4 is 10.6 Å². The molecule has 2 nitrogen and oxygen atoms in total. The quantitative estimate of drug-likeness (QED) is 0.763. The zero-order chi connectivity index (χ0) is 15.1. The van der Waals surface area contributed by atoms with E-state index in [0.29, 0.717) is 0 Å². The molecule has 0 saturated heterocycles. The molecule has 4 heteroatoms. The van der Waals surface area contributed by atoms with Crippen molar-refractivity contribution in [1.29, 1.82) is 0 Å². The summed E-state index contributed by atoms with van der Waals surface area (Å²) in [4.78, 5) is 1.34. The van der Waals surface area contributed by atoms with Crippen LogP contribution in [0.3, 0.4) is 0 Å². The Morgan fingerprint density at radius 3 is 2.95 bits per heavy atom. The maximum atomic E-state index is 5.48. The fraction of sp³-hybridized carbons (Fsp3) is 0.278. The predicted octanol–water partition coefficient (Wildman–Crippen LogP) is 4.32. The molecular weight excluding hydrogens is 308 g/mol. The molecule has 2 N–H and O–H groups in total. The smallest absolute Gasteiger partial charge is 0.171 e. The molecule has 0 bridgehead atoms. The minimum Gasteiger partial charge on any atom is -0.351 e. The molecule has 0 radical (unpaired) electrons. The number of hydrogen-bond donors (Lipinski definition) is 2. The second kappa shape index (κ2) is 5.52. The van der Waals surface area contributed by atoms with Crippen molar-refractivity contribution in [1.82, 2.24) is 10.6 Å². The SMILES string of the molecule is Cc1ccc2c(c1)C1=C(CCC2)C(c2cccs2)NC(=S)N1. The third kappa shape index (κ3) is 2.36. The molecule has 2 aliphatic rings. The second-order valence-corrected chi connectivity index (χ2v) is 7.35. The highest BCUT2D eigenvalue weighted by Gasteiger charge is 2.30. The molecule has 0 fully saturated rings. The molecule has 1 aliphatic heterocycles. The van der Waals surface area contributed by atoms with Gasteiger partial charge in [-0.2, -0.15) is 0 Å². The van der Waals surface area contributed by atoms with E-state index in [9.17, 15) is 0 Å². The van der Waals surface area contributed by atoms with E-state index in [2.05, 4.69) is 53.3 Å². The maximum Gasteiger partial charge on any atom is 0.171 e. The number of thiocarbonyl (C=S) groups is 1. The summed E-state index contributed by atoms with van der Waals surface area (Å²) in [6, 6.07) is 11.3. The molecule has 1 atom stereocenters. The van der Waals surface area contributed by atoms with Crippen molar-refractivity contribution >= 4 is 34.4 Å². The highest BCUT2D eigenvalue weighted by molar-refractivity contribution is 7.80. The van der Waals surface area contributed by atoms with Crippen molar-refractivity contribution in [3.8, 4) is 0 Å². The van der Waals surface area contributed by atoms with E-state index in [4.69, 9.17) is 12.2 Å². The van der Waals surface area contributed by atoms with Crippen molar-refractivity contribution in [2.24, 2.45) is 0 Å². The summed E-state index contributed by atoms with van der Waals surface area (Å²) in [5.74, 6) is 0. The highest BCUT2D eigenvalue weighted by Crippen LogP contribution is 2.39. The zero-order valence-corrected chi connectivity index (χ0v) is 14.1. The lowest BCUT2D eigenvalue weighted by atomic mass is 9.94. The molecule has 1 aliphatic carbocycles. The molecule has 0 spiro atoms. The zero-order valence-electron chi connectivity index (χ0n) is 12.5. The Hall–Kier alpha value is -1.65. The van der Waals surface area contributed by atoms with Gasteiger partial charge < -0.3 is 10.6 Å². The Labute approximate surface area is 140 Å². The normalized spacial score (nSPS) is 20.6. The van der Waals surface area contributed by atoms with Gasteiger partial charge in [0.05, 0.1) is 6.04 Å². The number of benzene rings is 1. The van der Waals surface area contributed by atoms with Gasteiger partial charge in [0.1, 0.15) is 0 Å². The van der Waals surface area contributed by atoms with Crippen molar-refractivity contribution in [2.75, 3.05) is 0 Å². The number of hydrogen-bond acceptors (Lipinski definition) is 2. The fourth-order valence-corrected chi connectivity index (χ4v) is 4.44. The minimum atomic E-state index is 0.218. The first-order chi connectivity index (χ1) is 10.7. The average Bonchev–Trinajstić information content (AvgIpc) is 2.97. The standard InChI is InChI=1S/C18H18N2S2/c1-11-7-8-12-4-2-5-13-16(14(12)10-11)19-18(21)20-17(13)15-6-3-9-22-15/h3,6-10,17H,2,4-5H2,1H3,(H2,19,20,21). The second-order valence-electron chi connectivity index (χ2n) is 5.96. The van der Waals surface area contributed by atoms with Gasteiger partial charge in [-0.1, -0.05) is 23.8 Å². The van der Waals surface area contributed by atoms with E-state index in [0.717, 1.165) is 18.0 Å². The van der Waals surface area contributed by atoms with E-state index >= 15 is 0 Å². The van der Waals surface area contributed by atoms with Crippen LogP contribution in [0.15, 0.2) is 41.3 Å². The van der Waals surface area contributed by atoms with E-state index in [1.165, 1.54) is 39.3 Å². The molecule has 2 aromatic rings. The molecule has 0 saturated carbocycles. The van der Waals surface area contributed by atoms with Crippen molar-refractivity contribution in [3.63, 3.8) is 0 Å². The lowest BCUT2D eigenvalue weighted by Crippen LogP contribution is -2.42. The molecular formula is C18H18N2S2. The Bertz CT molecular complexity index is 759. The third-order valence-corrected chi connectivity index (χ3v) is 5.60. The van der Waals surface area contributed by atoms with Crippen molar-refractivity contribution in [3.05, 3.63) is 62.9 Å². The summed E-state index contributed by atoms with van der Waals surface area (Å²) in [5.41, 5.74) is 6.74. The monoisotopic (exact) mass is 326 g/mol.